The van der Waals surface area contributed by atoms with Gasteiger partial charge in [0.15, 0.2) is 0 Å². The predicted octanol–water partition coefficient (Wildman–Crippen LogP) is 3.49. The number of rotatable bonds is 4. The summed E-state index contributed by atoms with van der Waals surface area (Å²) in [6.07, 6.45) is 0.895. The van der Waals surface area contributed by atoms with Gasteiger partial charge in [-0.1, -0.05) is 27.7 Å². The van der Waals surface area contributed by atoms with Crippen LogP contribution in [0, 0.1) is 5.92 Å². The van der Waals surface area contributed by atoms with Gasteiger partial charge in [0.05, 0.1) is 11.7 Å². The molecule has 0 atom stereocenters. The zero-order chi connectivity index (χ0) is 12.5. The number of hydrogen-bond donors (Lipinski definition) is 1. The van der Waals surface area contributed by atoms with E-state index in [1.54, 1.807) is 4.68 Å². The van der Waals surface area contributed by atoms with Crippen molar-refractivity contribution in [2.45, 2.75) is 59.9 Å². The SMILES string of the molecule is CC(C)Cc1c(C(C)C)nn(C(C)C)c1O. The van der Waals surface area contributed by atoms with Crippen LogP contribution in [0.1, 0.15) is 64.8 Å². The second-order valence-corrected chi connectivity index (χ2v) is 5.48. The van der Waals surface area contributed by atoms with E-state index in [0.717, 1.165) is 17.7 Å². The average Bonchev–Trinajstić information content (AvgIpc) is 2.43. The Labute approximate surface area is 98.5 Å². The van der Waals surface area contributed by atoms with E-state index in [0.29, 0.717) is 17.7 Å². The summed E-state index contributed by atoms with van der Waals surface area (Å²) in [7, 11) is 0. The van der Waals surface area contributed by atoms with Gasteiger partial charge >= 0.3 is 0 Å². The van der Waals surface area contributed by atoms with Gasteiger partial charge in [0.2, 0.25) is 5.88 Å². The molecule has 0 saturated heterocycles. The van der Waals surface area contributed by atoms with Crippen LogP contribution in [0.15, 0.2) is 0 Å². The molecule has 92 valence electrons. The van der Waals surface area contributed by atoms with Crippen molar-refractivity contribution in [1.82, 2.24) is 9.78 Å². The Kier molecular flexibility index (Phi) is 4.00. The smallest absolute Gasteiger partial charge is 0.213 e. The van der Waals surface area contributed by atoms with E-state index in [1.807, 2.05) is 13.8 Å². The Morgan fingerprint density at radius 3 is 2.06 bits per heavy atom. The summed E-state index contributed by atoms with van der Waals surface area (Å²) in [4.78, 5) is 0. The van der Waals surface area contributed by atoms with Gasteiger partial charge in [-0.3, -0.25) is 0 Å². The normalized spacial score (nSPS) is 12.1. The molecule has 0 unspecified atom stereocenters. The molecule has 1 heterocycles. The molecule has 0 saturated carbocycles. The second kappa shape index (κ2) is 4.89. The molecule has 0 radical (unpaired) electrons. The lowest BCUT2D eigenvalue weighted by Gasteiger charge is -2.08. The highest BCUT2D eigenvalue weighted by Gasteiger charge is 2.21. The largest absolute Gasteiger partial charge is 0.493 e. The lowest BCUT2D eigenvalue weighted by Crippen LogP contribution is -2.03. The van der Waals surface area contributed by atoms with Gasteiger partial charge < -0.3 is 5.11 Å². The minimum Gasteiger partial charge on any atom is -0.493 e. The van der Waals surface area contributed by atoms with Crippen LogP contribution < -0.4 is 0 Å². The maximum atomic E-state index is 10.2. The highest BCUT2D eigenvalue weighted by atomic mass is 16.3. The lowest BCUT2D eigenvalue weighted by atomic mass is 9.98. The minimum atomic E-state index is 0.207. The highest BCUT2D eigenvalue weighted by Crippen LogP contribution is 2.31. The Morgan fingerprint density at radius 1 is 1.12 bits per heavy atom. The van der Waals surface area contributed by atoms with Gasteiger partial charge in [-0.15, -0.1) is 0 Å². The first kappa shape index (κ1) is 13.1. The van der Waals surface area contributed by atoms with Gasteiger partial charge in [0.1, 0.15) is 0 Å². The Morgan fingerprint density at radius 2 is 1.69 bits per heavy atom. The third kappa shape index (κ3) is 2.57. The molecule has 1 aromatic rings. The van der Waals surface area contributed by atoms with E-state index < -0.39 is 0 Å². The fourth-order valence-corrected chi connectivity index (χ4v) is 1.90. The summed E-state index contributed by atoms with van der Waals surface area (Å²) in [5, 5.41) is 14.7. The van der Waals surface area contributed by atoms with Crippen molar-refractivity contribution in [2.75, 3.05) is 0 Å². The van der Waals surface area contributed by atoms with E-state index in [2.05, 4.69) is 32.8 Å². The van der Waals surface area contributed by atoms with Crippen LogP contribution in [0.2, 0.25) is 0 Å². The van der Waals surface area contributed by atoms with E-state index >= 15 is 0 Å². The number of hydrogen-bond acceptors (Lipinski definition) is 2. The molecule has 1 aromatic heterocycles. The number of nitrogens with zero attached hydrogens (tertiary/aromatic N) is 2. The molecule has 1 rings (SSSR count). The average molecular weight is 224 g/mol. The molecule has 0 aliphatic carbocycles. The van der Waals surface area contributed by atoms with Crippen LogP contribution in [0.5, 0.6) is 5.88 Å². The van der Waals surface area contributed by atoms with Crippen molar-refractivity contribution < 1.29 is 5.11 Å². The van der Waals surface area contributed by atoms with Gasteiger partial charge in [-0.05, 0) is 32.1 Å². The molecule has 16 heavy (non-hydrogen) atoms. The predicted molar refractivity (Wildman–Crippen MR) is 66.9 cm³/mol. The van der Waals surface area contributed by atoms with E-state index in [9.17, 15) is 5.11 Å². The maximum absolute atomic E-state index is 10.2. The zero-order valence-electron chi connectivity index (χ0n) is 11.3. The van der Waals surface area contributed by atoms with Gasteiger partial charge in [0, 0.05) is 5.56 Å². The molecule has 3 heteroatoms. The van der Waals surface area contributed by atoms with Crippen LogP contribution in [-0.4, -0.2) is 14.9 Å². The van der Waals surface area contributed by atoms with E-state index in [1.165, 1.54) is 0 Å². The first-order chi connectivity index (χ1) is 7.34. The fourth-order valence-electron chi connectivity index (χ4n) is 1.90. The first-order valence-electron chi connectivity index (χ1n) is 6.14. The monoisotopic (exact) mass is 224 g/mol. The quantitative estimate of drug-likeness (QED) is 0.850. The van der Waals surface area contributed by atoms with E-state index in [-0.39, 0.29) is 6.04 Å². The highest BCUT2D eigenvalue weighted by molar-refractivity contribution is 5.33. The van der Waals surface area contributed by atoms with Gasteiger partial charge in [-0.25, -0.2) is 4.68 Å². The van der Waals surface area contributed by atoms with Crippen molar-refractivity contribution in [3.05, 3.63) is 11.3 Å². The maximum Gasteiger partial charge on any atom is 0.213 e. The molecule has 0 aromatic carbocycles. The van der Waals surface area contributed by atoms with Crippen LogP contribution in [-0.2, 0) is 6.42 Å². The summed E-state index contributed by atoms with van der Waals surface area (Å²) in [5.74, 6) is 1.25. The number of aromatic hydroxyl groups is 1. The summed E-state index contributed by atoms with van der Waals surface area (Å²) in [6.45, 7) is 12.6. The summed E-state index contributed by atoms with van der Waals surface area (Å²) in [6, 6.07) is 0.207. The molecule has 0 spiro atoms. The molecule has 0 fully saturated rings. The van der Waals surface area contributed by atoms with Crippen molar-refractivity contribution in [3.8, 4) is 5.88 Å². The molecular weight excluding hydrogens is 200 g/mol. The van der Waals surface area contributed by atoms with Crippen LogP contribution in [0.4, 0.5) is 0 Å². The third-order valence-electron chi connectivity index (χ3n) is 2.66. The molecule has 1 N–H and O–H groups in total. The molecule has 0 amide bonds. The first-order valence-corrected chi connectivity index (χ1v) is 6.14. The van der Waals surface area contributed by atoms with Crippen LogP contribution in [0.25, 0.3) is 0 Å². The molecule has 0 aliphatic heterocycles. The Bertz CT molecular complexity index is 351. The molecule has 3 nitrogen and oxygen atoms in total. The third-order valence-corrected chi connectivity index (χ3v) is 2.66. The van der Waals surface area contributed by atoms with Crippen molar-refractivity contribution in [1.29, 1.82) is 0 Å². The standard InChI is InChI=1S/C13H24N2O/c1-8(2)7-11-12(9(3)4)14-15(10(5)6)13(11)16/h8-10,16H,7H2,1-6H3. The minimum absolute atomic E-state index is 0.207. The lowest BCUT2D eigenvalue weighted by molar-refractivity contribution is 0.371. The fraction of sp³-hybridized carbons (Fsp3) is 0.769. The van der Waals surface area contributed by atoms with E-state index in [4.69, 9.17) is 0 Å². The summed E-state index contributed by atoms with van der Waals surface area (Å²) < 4.78 is 1.73. The Hall–Kier alpha value is -0.990. The molecular formula is C13H24N2O. The molecule has 0 bridgehead atoms. The van der Waals surface area contributed by atoms with Crippen LogP contribution in [0.3, 0.4) is 0 Å². The summed E-state index contributed by atoms with van der Waals surface area (Å²) in [5.41, 5.74) is 2.07. The van der Waals surface area contributed by atoms with Gasteiger partial charge in [-0.2, -0.15) is 5.10 Å². The number of aromatic nitrogens is 2. The topological polar surface area (TPSA) is 38.0 Å². The van der Waals surface area contributed by atoms with Crippen LogP contribution >= 0.6 is 0 Å². The zero-order valence-corrected chi connectivity index (χ0v) is 11.3. The Balaban J connectivity index is 3.20. The van der Waals surface area contributed by atoms with Crippen molar-refractivity contribution in [2.24, 2.45) is 5.92 Å². The van der Waals surface area contributed by atoms with Crippen molar-refractivity contribution in [3.63, 3.8) is 0 Å². The van der Waals surface area contributed by atoms with Gasteiger partial charge in [0.25, 0.3) is 0 Å². The molecule has 0 aliphatic rings. The summed E-state index contributed by atoms with van der Waals surface area (Å²) >= 11 is 0. The van der Waals surface area contributed by atoms with Crippen molar-refractivity contribution >= 4 is 0 Å². The second-order valence-electron chi connectivity index (χ2n) is 5.48.